The van der Waals surface area contributed by atoms with E-state index in [1.54, 1.807) is 12.1 Å². The molecule has 0 radical (unpaired) electrons. The van der Waals surface area contributed by atoms with Gasteiger partial charge in [0.15, 0.2) is 11.6 Å². The van der Waals surface area contributed by atoms with E-state index in [1.807, 2.05) is 0 Å². The van der Waals surface area contributed by atoms with E-state index in [0.29, 0.717) is 24.9 Å². The number of rotatable bonds is 9. The number of benzene rings is 2. The van der Waals surface area contributed by atoms with Crippen molar-refractivity contribution in [2.24, 2.45) is 5.92 Å². The Bertz CT molecular complexity index is 816. The van der Waals surface area contributed by atoms with Gasteiger partial charge < -0.3 is 9.47 Å². The van der Waals surface area contributed by atoms with Crippen molar-refractivity contribution >= 4 is 11.6 Å². The van der Waals surface area contributed by atoms with Crippen molar-refractivity contribution in [3.05, 3.63) is 70.5 Å². The van der Waals surface area contributed by atoms with Gasteiger partial charge >= 0.3 is 0 Å². The van der Waals surface area contributed by atoms with Gasteiger partial charge in [0, 0.05) is 5.92 Å². The van der Waals surface area contributed by atoms with Crippen molar-refractivity contribution in [1.29, 1.82) is 0 Å². The molecule has 0 aliphatic heterocycles. The Morgan fingerprint density at radius 1 is 0.966 bits per heavy atom. The van der Waals surface area contributed by atoms with E-state index < -0.39 is 5.82 Å². The zero-order valence-electron chi connectivity index (χ0n) is 17.3. The van der Waals surface area contributed by atoms with Gasteiger partial charge in [0.1, 0.15) is 17.4 Å². The second kappa shape index (κ2) is 10.7. The van der Waals surface area contributed by atoms with Crippen LogP contribution in [0.2, 0.25) is 5.02 Å². The molecule has 2 atom stereocenters. The minimum Gasteiger partial charge on any atom is -0.492 e. The maximum Gasteiger partial charge on any atom is 0.187 e. The number of unbranched alkanes of at least 4 members (excludes halogenated alkanes) is 1. The van der Waals surface area contributed by atoms with Crippen LogP contribution in [-0.4, -0.2) is 6.61 Å². The molecule has 0 N–H and O–H groups in total. The second-order valence-corrected chi connectivity index (χ2v) is 8.04. The van der Waals surface area contributed by atoms with Crippen molar-refractivity contribution in [3.8, 4) is 11.5 Å². The van der Waals surface area contributed by atoms with Gasteiger partial charge in [0.25, 0.3) is 0 Å². The largest absolute Gasteiger partial charge is 0.492 e. The van der Waals surface area contributed by atoms with Gasteiger partial charge in [-0.15, -0.1) is 0 Å². The Morgan fingerprint density at radius 2 is 1.72 bits per heavy atom. The molecule has 0 bridgehead atoms. The zero-order valence-corrected chi connectivity index (χ0v) is 18.1. The van der Waals surface area contributed by atoms with Crippen LogP contribution in [0.4, 0.5) is 4.39 Å². The van der Waals surface area contributed by atoms with Crippen LogP contribution in [0.5, 0.6) is 11.5 Å². The average Bonchev–Trinajstić information content (AvgIpc) is 2.77. The van der Waals surface area contributed by atoms with Gasteiger partial charge in [-0.05, 0) is 54.9 Å². The molecule has 2 aromatic carbocycles. The fourth-order valence-electron chi connectivity index (χ4n) is 3.58. The molecule has 2 unspecified atom stereocenters. The molecule has 0 saturated carbocycles. The highest BCUT2D eigenvalue weighted by atomic mass is 35.5. The van der Waals surface area contributed by atoms with Crippen molar-refractivity contribution in [2.45, 2.75) is 58.5 Å². The smallest absolute Gasteiger partial charge is 0.187 e. The second-order valence-electron chi connectivity index (χ2n) is 7.66. The summed E-state index contributed by atoms with van der Waals surface area (Å²) in [5, 5.41) is -0.0246. The molecule has 156 valence electrons. The van der Waals surface area contributed by atoms with E-state index in [1.165, 1.54) is 24.8 Å². The molecule has 0 amide bonds. The highest BCUT2D eigenvalue weighted by Gasteiger charge is 2.17. The maximum atomic E-state index is 14.5. The fraction of sp³-hybridized carbons (Fsp3) is 0.440. The van der Waals surface area contributed by atoms with Gasteiger partial charge in [-0.1, -0.05) is 68.3 Å². The third-order valence-corrected chi connectivity index (χ3v) is 5.91. The standard InChI is InChI=1S/C25H30ClFO2/c1-3-5-16-28-22-14-15-23(25(27)24(22)26)29-17-19-8-12-21(13-9-19)20-10-6-18(4-2)7-11-20/h6,8-10,12-15,18,20H,3-5,7,11,16-17H2,1-2H3. The summed E-state index contributed by atoms with van der Waals surface area (Å²) in [5.74, 6) is 1.14. The van der Waals surface area contributed by atoms with E-state index in [0.717, 1.165) is 24.3 Å². The molecule has 2 aromatic rings. The fourth-order valence-corrected chi connectivity index (χ4v) is 3.79. The summed E-state index contributed by atoms with van der Waals surface area (Å²) in [6.45, 7) is 5.13. The summed E-state index contributed by atoms with van der Waals surface area (Å²) in [5.41, 5.74) is 2.32. The lowest BCUT2D eigenvalue weighted by Crippen LogP contribution is -2.07. The van der Waals surface area contributed by atoms with Crippen LogP contribution in [0, 0.1) is 11.7 Å². The van der Waals surface area contributed by atoms with Crippen LogP contribution in [-0.2, 0) is 6.61 Å². The minimum absolute atomic E-state index is 0.0246. The van der Waals surface area contributed by atoms with Crippen LogP contribution >= 0.6 is 11.6 Å². The van der Waals surface area contributed by atoms with Crippen molar-refractivity contribution < 1.29 is 13.9 Å². The molecule has 0 spiro atoms. The van der Waals surface area contributed by atoms with Crippen molar-refractivity contribution in [3.63, 3.8) is 0 Å². The monoisotopic (exact) mass is 416 g/mol. The van der Waals surface area contributed by atoms with E-state index in [2.05, 4.69) is 50.3 Å². The molecule has 1 aliphatic rings. The Kier molecular flexibility index (Phi) is 8.00. The molecule has 4 heteroatoms. The predicted molar refractivity (Wildman–Crippen MR) is 117 cm³/mol. The Balaban J connectivity index is 1.58. The highest BCUT2D eigenvalue weighted by molar-refractivity contribution is 6.32. The summed E-state index contributed by atoms with van der Waals surface area (Å²) >= 11 is 6.10. The summed E-state index contributed by atoms with van der Waals surface area (Å²) < 4.78 is 25.7. The van der Waals surface area contributed by atoms with Gasteiger partial charge in [0.2, 0.25) is 0 Å². The van der Waals surface area contributed by atoms with Gasteiger partial charge in [0.05, 0.1) is 6.61 Å². The van der Waals surface area contributed by atoms with Crippen molar-refractivity contribution in [2.75, 3.05) is 6.61 Å². The van der Waals surface area contributed by atoms with Crippen LogP contribution in [0.3, 0.4) is 0 Å². The number of allylic oxidation sites excluding steroid dienone is 2. The first-order valence-corrected chi connectivity index (χ1v) is 11.0. The summed E-state index contributed by atoms with van der Waals surface area (Å²) in [6.07, 6.45) is 10.3. The molecule has 0 saturated heterocycles. The number of hydrogen-bond acceptors (Lipinski definition) is 2. The average molecular weight is 417 g/mol. The molecule has 0 heterocycles. The quantitative estimate of drug-likeness (QED) is 0.308. The normalized spacial score (nSPS) is 18.6. The molecular weight excluding hydrogens is 387 g/mol. The lowest BCUT2D eigenvalue weighted by atomic mass is 9.83. The third kappa shape index (κ3) is 5.76. The lowest BCUT2D eigenvalue weighted by molar-refractivity contribution is 0.284. The molecule has 0 fully saturated rings. The highest BCUT2D eigenvalue weighted by Crippen LogP contribution is 2.34. The number of halogens is 2. The van der Waals surface area contributed by atoms with Gasteiger partial charge in [-0.25, -0.2) is 4.39 Å². The van der Waals surface area contributed by atoms with Gasteiger partial charge in [-0.3, -0.25) is 0 Å². The van der Waals surface area contributed by atoms with E-state index in [4.69, 9.17) is 21.1 Å². The number of ether oxygens (including phenoxy) is 2. The summed E-state index contributed by atoms with van der Waals surface area (Å²) in [4.78, 5) is 0. The molecule has 1 aliphatic carbocycles. The first kappa shape index (κ1) is 21.7. The molecule has 0 aromatic heterocycles. The first-order valence-electron chi connectivity index (χ1n) is 10.6. The Hall–Kier alpha value is -2.00. The molecule has 3 rings (SSSR count). The number of hydrogen-bond donors (Lipinski definition) is 0. The maximum absolute atomic E-state index is 14.5. The topological polar surface area (TPSA) is 18.5 Å². The first-order chi connectivity index (χ1) is 14.1. The van der Waals surface area contributed by atoms with E-state index >= 15 is 0 Å². The van der Waals surface area contributed by atoms with Crippen LogP contribution in [0.15, 0.2) is 48.6 Å². The summed E-state index contributed by atoms with van der Waals surface area (Å²) in [6, 6.07) is 11.6. The van der Waals surface area contributed by atoms with Crippen LogP contribution < -0.4 is 9.47 Å². The van der Waals surface area contributed by atoms with E-state index in [9.17, 15) is 4.39 Å². The lowest BCUT2D eigenvalue weighted by Gasteiger charge is -2.22. The SMILES string of the molecule is CCCCOc1ccc(OCc2ccc(C3C=CC(CC)CC3)cc2)c(F)c1Cl. The Labute approximate surface area is 178 Å². The van der Waals surface area contributed by atoms with Crippen LogP contribution in [0.1, 0.15) is 63.0 Å². The Morgan fingerprint density at radius 3 is 2.38 bits per heavy atom. The summed E-state index contributed by atoms with van der Waals surface area (Å²) in [7, 11) is 0. The minimum atomic E-state index is -0.574. The third-order valence-electron chi connectivity index (χ3n) is 5.56. The molecule has 29 heavy (non-hydrogen) atoms. The molecular formula is C25H30ClFO2. The molecule has 2 nitrogen and oxygen atoms in total. The van der Waals surface area contributed by atoms with Crippen molar-refractivity contribution in [1.82, 2.24) is 0 Å². The van der Waals surface area contributed by atoms with Gasteiger partial charge in [-0.2, -0.15) is 0 Å². The zero-order chi connectivity index (χ0) is 20.6. The van der Waals surface area contributed by atoms with E-state index in [-0.39, 0.29) is 10.8 Å². The predicted octanol–water partition coefficient (Wildman–Crippen LogP) is 7.70. The van der Waals surface area contributed by atoms with Crippen LogP contribution in [0.25, 0.3) is 0 Å².